The second-order valence-corrected chi connectivity index (χ2v) is 4.42. The number of thioether (sulfide) groups is 1. The van der Waals surface area contributed by atoms with Crippen molar-refractivity contribution in [1.29, 1.82) is 0 Å². The maximum absolute atomic E-state index is 12.5. The SMILES string of the molecule is C=C(C)CSCCOc1ccc(F)cc1. The molecule has 0 spiro atoms. The number of hydrogen-bond donors (Lipinski definition) is 0. The Balaban J connectivity index is 2.15. The summed E-state index contributed by atoms with van der Waals surface area (Å²) in [6.45, 7) is 6.47. The molecular weight excluding hydrogens is 211 g/mol. The Bertz CT molecular complexity index is 308. The molecule has 0 heterocycles. The standard InChI is InChI=1S/C12H15FOS/c1-10(2)9-15-8-7-14-12-5-3-11(13)4-6-12/h3-6H,1,7-9H2,2H3. The van der Waals surface area contributed by atoms with Gasteiger partial charge in [-0.2, -0.15) is 11.8 Å². The molecule has 0 atom stereocenters. The molecule has 0 bridgehead atoms. The van der Waals surface area contributed by atoms with E-state index >= 15 is 0 Å². The van der Waals surface area contributed by atoms with Gasteiger partial charge in [-0.15, -0.1) is 0 Å². The Morgan fingerprint density at radius 3 is 2.67 bits per heavy atom. The normalized spacial score (nSPS) is 10.0. The highest BCUT2D eigenvalue weighted by Crippen LogP contribution is 2.12. The highest BCUT2D eigenvalue weighted by Gasteiger charge is 1.94. The molecule has 0 aliphatic carbocycles. The molecule has 15 heavy (non-hydrogen) atoms. The summed E-state index contributed by atoms with van der Waals surface area (Å²) >= 11 is 1.79. The van der Waals surface area contributed by atoms with E-state index in [0.29, 0.717) is 12.4 Å². The Labute approximate surface area is 94.3 Å². The number of benzene rings is 1. The zero-order valence-electron chi connectivity index (χ0n) is 8.83. The van der Waals surface area contributed by atoms with Crippen molar-refractivity contribution in [1.82, 2.24) is 0 Å². The lowest BCUT2D eigenvalue weighted by atomic mass is 10.3. The molecule has 0 aromatic heterocycles. The van der Waals surface area contributed by atoms with Crippen molar-refractivity contribution < 1.29 is 9.13 Å². The Morgan fingerprint density at radius 2 is 2.07 bits per heavy atom. The largest absolute Gasteiger partial charge is 0.493 e. The smallest absolute Gasteiger partial charge is 0.123 e. The summed E-state index contributed by atoms with van der Waals surface area (Å²) in [7, 11) is 0. The van der Waals surface area contributed by atoms with Crippen LogP contribution in [0.2, 0.25) is 0 Å². The van der Waals surface area contributed by atoms with Crippen LogP contribution in [-0.4, -0.2) is 18.1 Å². The summed E-state index contributed by atoms with van der Waals surface area (Å²) in [5.74, 6) is 2.36. The molecule has 0 aliphatic rings. The van der Waals surface area contributed by atoms with Gasteiger partial charge in [-0.3, -0.25) is 0 Å². The first-order chi connectivity index (χ1) is 7.18. The highest BCUT2D eigenvalue weighted by atomic mass is 32.2. The van der Waals surface area contributed by atoms with Crippen LogP contribution < -0.4 is 4.74 Å². The Kier molecular flexibility index (Phi) is 5.26. The molecule has 0 fully saturated rings. The van der Waals surface area contributed by atoms with Crippen LogP contribution in [0.5, 0.6) is 5.75 Å². The zero-order chi connectivity index (χ0) is 11.1. The van der Waals surface area contributed by atoms with E-state index in [-0.39, 0.29) is 5.82 Å². The summed E-state index contributed by atoms with van der Waals surface area (Å²) < 4.78 is 18.0. The summed E-state index contributed by atoms with van der Waals surface area (Å²) in [5, 5.41) is 0. The zero-order valence-corrected chi connectivity index (χ0v) is 9.65. The summed E-state index contributed by atoms with van der Waals surface area (Å²) in [6, 6.07) is 6.07. The number of halogens is 1. The van der Waals surface area contributed by atoms with Crippen molar-refractivity contribution in [2.45, 2.75) is 6.92 Å². The van der Waals surface area contributed by atoms with Gasteiger partial charge in [-0.1, -0.05) is 12.2 Å². The molecular formula is C12H15FOS. The van der Waals surface area contributed by atoms with Gasteiger partial charge in [0, 0.05) is 11.5 Å². The van der Waals surface area contributed by atoms with Gasteiger partial charge in [0.15, 0.2) is 0 Å². The number of hydrogen-bond acceptors (Lipinski definition) is 2. The van der Waals surface area contributed by atoms with Crippen LogP contribution in [-0.2, 0) is 0 Å². The molecule has 1 aromatic carbocycles. The van der Waals surface area contributed by atoms with Gasteiger partial charge in [-0.25, -0.2) is 4.39 Å². The van der Waals surface area contributed by atoms with Crippen LogP contribution in [0.1, 0.15) is 6.92 Å². The van der Waals surface area contributed by atoms with Crippen LogP contribution >= 0.6 is 11.8 Å². The van der Waals surface area contributed by atoms with Crippen molar-refractivity contribution >= 4 is 11.8 Å². The predicted octanol–water partition coefficient (Wildman–Crippen LogP) is 3.51. The molecule has 82 valence electrons. The fraction of sp³-hybridized carbons (Fsp3) is 0.333. The van der Waals surface area contributed by atoms with Crippen LogP contribution in [0, 0.1) is 5.82 Å². The molecule has 0 radical (unpaired) electrons. The van der Waals surface area contributed by atoms with Gasteiger partial charge in [0.1, 0.15) is 11.6 Å². The van der Waals surface area contributed by atoms with Crippen LogP contribution in [0.15, 0.2) is 36.4 Å². The first kappa shape index (κ1) is 12.1. The van der Waals surface area contributed by atoms with E-state index in [9.17, 15) is 4.39 Å². The van der Waals surface area contributed by atoms with E-state index in [1.165, 1.54) is 17.7 Å². The Hall–Kier alpha value is -0.960. The van der Waals surface area contributed by atoms with Crippen LogP contribution in [0.25, 0.3) is 0 Å². The molecule has 0 aliphatic heterocycles. The van der Waals surface area contributed by atoms with E-state index in [2.05, 4.69) is 6.58 Å². The molecule has 1 rings (SSSR count). The van der Waals surface area contributed by atoms with Crippen molar-refractivity contribution in [3.05, 3.63) is 42.2 Å². The van der Waals surface area contributed by atoms with Gasteiger partial charge < -0.3 is 4.74 Å². The maximum atomic E-state index is 12.5. The fourth-order valence-corrected chi connectivity index (χ4v) is 1.69. The van der Waals surface area contributed by atoms with Gasteiger partial charge in [0.2, 0.25) is 0 Å². The van der Waals surface area contributed by atoms with E-state index in [1.54, 1.807) is 23.9 Å². The first-order valence-corrected chi connectivity index (χ1v) is 5.94. The quantitative estimate of drug-likeness (QED) is 0.542. The molecule has 1 nitrogen and oxygen atoms in total. The van der Waals surface area contributed by atoms with Crippen LogP contribution in [0.3, 0.4) is 0 Å². The molecule has 3 heteroatoms. The van der Waals surface area contributed by atoms with Crippen LogP contribution in [0.4, 0.5) is 4.39 Å². The van der Waals surface area contributed by atoms with Gasteiger partial charge >= 0.3 is 0 Å². The van der Waals surface area contributed by atoms with E-state index in [0.717, 1.165) is 11.5 Å². The number of ether oxygens (including phenoxy) is 1. The molecule has 0 saturated carbocycles. The minimum Gasteiger partial charge on any atom is -0.493 e. The van der Waals surface area contributed by atoms with Gasteiger partial charge in [-0.05, 0) is 31.2 Å². The summed E-state index contributed by atoms with van der Waals surface area (Å²) in [4.78, 5) is 0. The monoisotopic (exact) mass is 226 g/mol. The maximum Gasteiger partial charge on any atom is 0.123 e. The average Bonchev–Trinajstić information content (AvgIpc) is 2.20. The predicted molar refractivity (Wildman–Crippen MR) is 64.0 cm³/mol. The summed E-state index contributed by atoms with van der Waals surface area (Å²) in [5.41, 5.74) is 1.17. The molecule has 0 unspecified atom stereocenters. The van der Waals surface area contributed by atoms with E-state index < -0.39 is 0 Å². The third-order valence-electron chi connectivity index (χ3n) is 1.66. The minimum absolute atomic E-state index is 0.237. The van der Waals surface area contributed by atoms with Crippen molar-refractivity contribution in [2.75, 3.05) is 18.1 Å². The lowest BCUT2D eigenvalue weighted by molar-refractivity contribution is 0.343. The lowest BCUT2D eigenvalue weighted by Crippen LogP contribution is -2.00. The van der Waals surface area contributed by atoms with Crippen molar-refractivity contribution in [2.24, 2.45) is 0 Å². The molecule has 1 aromatic rings. The van der Waals surface area contributed by atoms with E-state index in [1.807, 2.05) is 6.92 Å². The third-order valence-corrected chi connectivity index (χ3v) is 2.81. The van der Waals surface area contributed by atoms with Crippen molar-refractivity contribution in [3.8, 4) is 5.75 Å². The average molecular weight is 226 g/mol. The van der Waals surface area contributed by atoms with Gasteiger partial charge in [0.05, 0.1) is 6.61 Å². The Morgan fingerprint density at radius 1 is 1.40 bits per heavy atom. The topological polar surface area (TPSA) is 9.23 Å². The highest BCUT2D eigenvalue weighted by molar-refractivity contribution is 7.99. The second kappa shape index (κ2) is 6.51. The minimum atomic E-state index is -0.237. The molecule has 0 N–H and O–H groups in total. The number of rotatable bonds is 6. The van der Waals surface area contributed by atoms with E-state index in [4.69, 9.17) is 4.74 Å². The molecule has 0 amide bonds. The molecule has 0 saturated heterocycles. The first-order valence-electron chi connectivity index (χ1n) is 4.79. The second-order valence-electron chi connectivity index (χ2n) is 3.31. The van der Waals surface area contributed by atoms with Gasteiger partial charge in [0.25, 0.3) is 0 Å². The lowest BCUT2D eigenvalue weighted by Gasteiger charge is -2.05. The van der Waals surface area contributed by atoms with Crippen molar-refractivity contribution in [3.63, 3.8) is 0 Å². The fourth-order valence-electron chi connectivity index (χ4n) is 0.996. The summed E-state index contributed by atoms with van der Waals surface area (Å²) in [6.07, 6.45) is 0. The third kappa shape index (κ3) is 5.47.